The summed E-state index contributed by atoms with van der Waals surface area (Å²) in [4.78, 5) is 2.37. The molecule has 0 radical (unpaired) electrons. The summed E-state index contributed by atoms with van der Waals surface area (Å²) in [5.41, 5.74) is 3.68. The molecule has 3 rings (SSSR count). The highest BCUT2D eigenvalue weighted by Gasteiger charge is 2.28. The smallest absolute Gasteiger partial charge is 0.203 e. The van der Waals surface area contributed by atoms with E-state index in [0.29, 0.717) is 17.2 Å². The highest BCUT2D eigenvalue weighted by Crippen LogP contribution is 2.42. The molecule has 152 valence electrons. The fraction of sp³-hybridized carbons (Fsp3) is 0.455. The molecule has 0 aromatic heterocycles. The van der Waals surface area contributed by atoms with Crippen molar-refractivity contribution in [2.75, 3.05) is 49.1 Å². The molecule has 1 aliphatic heterocycles. The molecule has 6 nitrogen and oxygen atoms in total. The minimum absolute atomic E-state index is 0.214. The first-order valence-corrected chi connectivity index (χ1v) is 9.30. The van der Waals surface area contributed by atoms with Gasteiger partial charge in [0.05, 0.1) is 35.5 Å². The molecule has 0 spiro atoms. The van der Waals surface area contributed by atoms with E-state index in [-0.39, 0.29) is 6.04 Å². The summed E-state index contributed by atoms with van der Waals surface area (Å²) in [6, 6.07) is 8.45. The molecule has 0 bridgehead atoms. The molecular formula is C22H29NO5. The molecule has 0 aliphatic carbocycles. The Bertz CT molecular complexity index is 811. The second-order valence-electron chi connectivity index (χ2n) is 6.89. The van der Waals surface area contributed by atoms with Crippen molar-refractivity contribution >= 4 is 0 Å². The van der Waals surface area contributed by atoms with Crippen molar-refractivity contribution in [1.82, 2.24) is 4.90 Å². The summed E-state index contributed by atoms with van der Waals surface area (Å²) in [5, 5.41) is 0. The first-order chi connectivity index (χ1) is 13.6. The van der Waals surface area contributed by atoms with Gasteiger partial charge in [0.2, 0.25) is 5.75 Å². The Kier molecular flexibility index (Phi) is 6.19. The van der Waals surface area contributed by atoms with Gasteiger partial charge in [0.25, 0.3) is 0 Å². The molecule has 2 aromatic rings. The molecule has 0 amide bonds. The van der Waals surface area contributed by atoms with Crippen LogP contribution in [0.3, 0.4) is 0 Å². The molecule has 2 aromatic carbocycles. The molecule has 1 heterocycles. The molecule has 0 saturated carbocycles. The van der Waals surface area contributed by atoms with Crippen LogP contribution < -0.4 is 23.7 Å². The summed E-state index contributed by atoms with van der Waals surface area (Å²) in [5.74, 6) is 3.48. The van der Waals surface area contributed by atoms with Crippen LogP contribution in [0.25, 0.3) is 0 Å². The van der Waals surface area contributed by atoms with Crippen LogP contribution in [0.5, 0.6) is 28.7 Å². The minimum atomic E-state index is 0.214. The number of hydrogen-bond donors (Lipinski definition) is 0. The number of benzene rings is 2. The van der Waals surface area contributed by atoms with E-state index in [2.05, 4.69) is 24.1 Å². The zero-order valence-corrected chi connectivity index (χ0v) is 17.5. The standard InChI is InChI=1S/C22H29NO5/c1-23-8-7-15-12-18(24-2)19(25-3)13-16(15)17(23)9-14-10-20(26-4)22(28-6)21(11-14)27-5/h10-13,17H,7-9H2,1-6H3/i1+1. The van der Waals surface area contributed by atoms with Crippen molar-refractivity contribution < 1.29 is 23.7 Å². The number of hydrogen-bond acceptors (Lipinski definition) is 6. The largest absolute Gasteiger partial charge is 0.493 e. The van der Waals surface area contributed by atoms with Crippen LogP contribution in [0.4, 0.5) is 0 Å². The third-order valence-corrected chi connectivity index (χ3v) is 5.42. The van der Waals surface area contributed by atoms with Gasteiger partial charge >= 0.3 is 0 Å². The SMILES string of the molecule is COc1cc2c(cc1OC)C(Cc1cc(OC)c(OC)c(OC)c1)N([13CH3])CC2. The Morgan fingerprint density at radius 1 is 0.786 bits per heavy atom. The zero-order chi connectivity index (χ0) is 20.3. The Labute approximate surface area is 166 Å². The lowest BCUT2D eigenvalue weighted by atomic mass is 9.89. The number of methoxy groups -OCH3 is 5. The number of nitrogens with zero attached hydrogens (tertiary/aromatic N) is 1. The fourth-order valence-electron chi connectivity index (χ4n) is 3.90. The Balaban J connectivity index is 2.01. The zero-order valence-electron chi connectivity index (χ0n) is 17.5. The van der Waals surface area contributed by atoms with E-state index in [0.717, 1.165) is 36.4 Å². The fourth-order valence-corrected chi connectivity index (χ4v) is 3.90. The molecule has 0 N–H and O–H groups in total. The monoisotopic (exact) mass is 388 g/mol. The second kappa shape index (κ2) is 8.61. The van der Waals surface area contributed by atoms with Gasteiger partial charge in [0.15, 0.2) is 23.0 Å². The highest BCUT2D eigenvalue weighted by atomic mass is 16.5. The van der Waals surface area contributed by atoms with Gasteiger partial charge in [0.1, 0.15) is 0 Å². The van der Waals surface area contributed by atoms with Crippen LogP contribution in [0.15, 0.2) is 24.3 Å². The van der Waals surface area contributed by atoms with Gasteiger partial charge in [-0.25, -0.2) is 0 Å². The van der Waals surface area contributed by atoms with E-state index in [4.69, 9.17) is 23.7 Å². The third-order valence-electron chi connectivity index (χ3n) is 5.42. The first-order valence-electron chi connectivity index (χ1n) is 9.30. The maximum Gasteiger partial charge on any atom is 0.203 e. The summed E-state index contributed by atoms with van der Waals surface area (Å²) >= 11 is 0. The Morgan fingerprint density at radius 3 is 1.89 bits per heavy atom. The maximum absolute atomic E-state index is 5.54. The van der Waals surface area contributed by atoms with Crippen LogP contribution >= 0.6 is 0 Å². The first kappa shape index (κ1) is 20.1. The van der Waals surface area contributed by atoms with E-state index in [9.17, 15) is 0 Å². The number of rotatable bonds is 7. The Morgan fingerprint density at radius 2 is 1.36 bits per heavy atom. The second-order valence-corrected chi connectivity index (χ2v) is 6.89. The molecular weight excluding hydrogens is 359 g/mol. The minimum Gasteiger partial charge on any atom is -0.493 e. The van der Waals surface area contributed by atoms with Crippen LogP contribution in [0.2, 0.25) is 0 Å². The van der Waals surface area contributed by atoms with Gasteiger partial charge in [0, 0.05) is 12.6 Å². The molecule has 1 aliphatic rings. The van der Waals surface area contributed by atoms with Crippen molar-refractivity contribution in [3.05, 3.63) is 41.0 Å². The predicted octanol–water partition coefficient (Wildman–Crippen LogP) is 3.50. The summed E-state index contributed by atoms with van der Waals surface area (Å²) in [7, 11) is 10.4. The van der Waals surface area contributed by atoms with Gasteiger partial charge < -0.3 is 23.7 Å². The van der Waals surface area contributed by atoms with E-state index < -0.39 is 0 Å². The summed E-state index contributed by atoms with van der Waals surface area (Å²) in [6.07, 6.45) is 1.80. The van der Waals surface area contributed by atoms with Crippen LogP contribution in [-0.2, 0) is 12.8 Å². The van der Waals surface area contributed by atoms with Crippen molar-refractivity contribution in [2.24, 2.45) is 0 Å². The molecule has 0 fully saturated rings. The number of fused-ring (bicyclic) bond motifs is 1. The number of likely N-dealkylation sites (N-methyl/N-ethyl adjacent to an activating group) is 1. The van der Waals surface area contributed by atoms with Crippen molar-refractivity contribution in [3.8, 4) is 28.7 Å². The van der Waals surface area contributed by atoms with Crippen LogP contribution in [0.1, 0.15) is 22.7 Å². The summed E-state index contributed by atoms with van der Waals surface area (Å²) < 4.78 is 27.5. The van der Waals surface area contributed by atoms with Crippen LogP contribution in [0, 0.1) is 0 Å². The lowest BCUT2D eigenvalue weighted by Gasteiger charge is -2.35. The normalized spacial score (nSPS) is 16.3. The lowest BCUT2D eigenvalue weighted by molar-refractivity contribution is 0.227. The maximum atomic E-state index is 5.54. The number of ether oxygens (including phenoxy) is 5. The van der Waals surface area contributed by atoms with E-state index in [1.165, 1.54) is 11.1 Å². The molecule has 1 atom stereocenters. The highest BCUT2D eigenvalue weighted by molar-refractivity contribution is 5.55. The molecule has 1 unspecified atom stereocenters. The lowest BCUT2D eigenvalue weighted by Crippen LogP contribution is -2.33. The van der Waals surface area contributed by atoms with Gasteiger partial charge in [-0.3, -0.25) is 4.90 Å². The van der Waals surface area contributed by atoms with Gasteiger partial charge in [-0.1, -0.05) is 0 Å². The Hall–Kier alpha value is -2.60. The average Bonchev–Trinajstić information content (AvgIpc) is 2.73. The van der Waals surface area contributed by atoms with E-state index in [1.54, 1.807) is 35.5 Å². The topological polar surface area (TPSA) is 49.4 Å². The van der Waals surface area contributed by atoms with Gasteiger partial charge in [-0.15, -0.1) is 0 Å². The van der Waals surface area contributed by atoms with Crippen molar-refractivity contribution in [2.45, 2.75) is 18.9 Å². The quantitative estimate of drug-likeness (QED) is 0.677. The van der Waals surface area contributed by atoms with E-state index >= 15 is 0 Å². The molecule has 0 saturated heterocycles. The third kappa shape index (κ3) is 3.69. The van der Waals surface area contributed by atoms with Crippen molar-refractivity contribution in [3.63, 3.8) is 0 Å². The molecule has 6 heteroatoms. The summed E-state index contributed by atoms with van der Waals surface area (Å²) in [6.45, 7) is 0.984. The van der Waals surface area contributed by atoms with Gasteiger partial charge in [-0.2, -0.15) is 0 Å². The molecule has 28 heavy (non-hydrogen) atoms. The average molecular weight is 388 g/mol. The van der Waals surface area contributed by atoms with E-state index in [1.807, 2.05) is 12.1 Å². The predicted molar refractivity (Wildman–Crippen MR) is 108 cm³/mol. The van der Waals surface area contributed by atoms with Gasteiger partial charge in [-0.05, 0) is 60.8 Å². The van der Waals surface area contributed by atoms with Crippen molar-refractivity contribution in [1.29, 1.82) is 0 Å². The van der Waals surface area contributed by atoms with Crippen LogP contribution in [-0.4, -0.2) is 54.0 Å².